The first-order chi connectivity index (χ1) is 13.9. The number of amides is 2. The number of fused-ring (bicyclic) bond motifs is 2. The quantitative estimate of drug-likeness (QED) is 0.294. The molecule has 0 aliphatic carbocycles. The Kier molecular flexibility index (Phi) is 4.50. The Balaban J connectivity index is 1.60. The lowest BCUT2D eigenvalue weighted by atomic mass is 10.1. The molecule has 0 bridgehead atoms. The summed E-state index contributed by atoms with van der Waals surface area (Å²) in [6.45, 7) is 3.19. The summed E-state index contributed by atoms with van der Waals surface area (Å²) < 4.78 is 10.6. The van der Waals surface area contributed by atoms with E-state index < -0.39 is 30.0 Å². The zero-order chi connectivity index (χ0) is 20.7. The molecular formula is C22H17NO6. The monoisotopic (exact) mass is 391 g/mol. The van der Waals surface area contributed by atoms with Gasteiger partial charge in [-0.25, -0.2) is 9.59 Å². The van der Waals surface area contributed by atoms with Crippen LogP contribution in [-0.4, -0.2) is 29.2 Å². The van der Waals surface area contributed by atoms with Crippen LogP contribution in [0.1, 0.15) is 38.8 Å². The second-order valence-corrected chi connectivity index (χ2v) is 6.77. The average Bonchev–Trinajstić information content (AvgIpc) is 2.92. The van der Waals surface area contributed by atoms with Gasteiger partial charge >= 0.3 is 11.6 Å². The molecule has 29 heavy (non-hydrogen) atoms. The van der Waals surface area contributed by atoms with Crippen LogP contribution in [0.2, 0.25) is 0 Å². The van der Waals surface area contributed by atoms with E-state index in [1.165, 1.54) is 12.1 Å². The van der Waals surface area contributed by atoms with Crippen LogP contribution >= 0.6 is 0 Å². The first-order valence-corrected chi connectivity index (χ1v) is 9.12. The molecule has 0 spiro atoms. The number of imide groups is 1. The van der Waals surface area contributed by atoms with Crippen molar-refractivity contribution in [3.63, 3.8) is 0 Å². The van der Waals surface area contributed by atoms with E-state index in [9.17, 15) is 19.2 Å². The highest BCUT2D eigenvalue weighted by atomic mass is 16.5. The number of hydrogen-bond donors (Lipinski definition) is 0. The first kappa shape index (κ1) is 18.6. The number of aryl methyl sites for hydroxylation is 2. The number of hydrogen-bond acceptors (Lipinski definition) is 6. The van der Waals surface area contributed by atoms with Gasteiger partial charge in [0, 0.05) is 17.5 Å². The number of benzene rings is 2. The van der Waals surface area contributed by atoms with E-state index >= 15 is 0 Å². The Morgan fingerprint density at radius 2 is 1.69 bits per heavy atom. The Labute approximate surface area is 165 Å². The van der Waals surface area contributed by atoms with Gasteiger partial charge in [-0.3, -0.25) is 14.5 Å². The molecule has 146 valence electrons. The van der Waals surface area contributed by atoms with E-state index in [2.05, 4.69) is 0 Å². The highest BCUT2D eigenvalue weighted by molar-refractivity contribution is 6.22. The fourth-order valence-electron chi connectivity index (χ4n) is 3.43. The molecule has 1 aromatic heterocycles. The number of ether oxygens (including phenoxy) is 1. The van der Waals surface area contributed by atoms with Gasteiger partial charge in [0.25, 0.3) is 11.8 Å². The maximum Gasteiger partial charge on any atom is 0.336 e. The molecule has 0 atom stereocenters. The molecule has 4 rings (SSSR count). The van der Waals surface area contributed by atoms with Crippen molar-refractivity contribution >= 4 is 28.8 Å². The van der Waals surface area contributed by atoms with Gasteiger partial charge in [0.1, 0.15) is 17.9 Å². The van der Waals surface area contributed by atoms with Crippen LogP contribution in [0, 0.1) is 6.92 Å². The Morgan fingerprint density at radius 3 is 2.31 bits per heavy atom. The molecule has 1 aliphatic heterocycles. The molecule has 2 aromatic carbocycles. The van der Waals surface area contributed by atoms with Gasteiger partial charge in [0.2, 0.25) is 0 Å². The van der Waals surface area contributed by atoms with Crippen LogP contribution in [0.5, 0.6) is 5.75 Å². The smallest absolute Gasteiger partial charge is 0.336 e. The van der Waals surface area contributed by atoms with Crippen molar-refractivity contribution in [3.05, 3.63) is 75.1 Å². The summed E-state index contributed by atoms with van der Waals surface area (Å²) in [6.07, 6.45) is 0.574. The van der Waals surface area contributed by atoms with E-state index in [1.54, 1.807) is 37.3 Å². The highest BCUT2D eigenvalue weighted by Crippen LogP contribution is 2.28. The van der Waals surface area contributed by atoms with Crippen molar-refractivity contribution in [3.8, 4) is 5.75 Å². The minimum absolute atomic E-state index is 0.232. The van der Waals surface area contributed by atoms with Crippen molar-refractivity contribution in [2.24, 2.45) is 0 Å². The van der Waals surface area contributed by atoms with E-state index in [0.717, 1.165) is 21.4 Å². The molecule has 1 aliphatic rings. The Hall–Kier alpha value is -3.74. The summed E-state index contributed by atoms with van der Waals surface area (Å²) in [4.78, 5) is 49.8. The van der Waals surface area contributed by atoms with E-state index in [0.29, 0.717) is 12.0 Å². The van der Waals surface area contributed by atoms with Crippen molar-refractivity contribution < 1.29 is 23.5 Å². The summed E-state index contributed by atoms with van der Waals surface area (Å²) >= 11 is 0. The predicted octanol–water partition coefficient (Wildman–Crippen LogP) is 2.87. The number of rotatable bonds is 4. The molecule has 3 aromatic rings. The predicted molar refractivity (Wildman–Crippen MR) is 104 cm³/mol. The van der Waals surface area contributed by atoms with Crippen molar-refractivity contribution in [2.45, 2.75) is 20.3 Å². The molecule has 7 nitrogen and oxygen atoms in total. The van der Waals surface area contributed by atoms with Crippen molar-refractivity contribution in [1.29, 1.82) is 0 Å². The van der Waals surface area contributed by atoms with Crippen LogP contribution in [0.25, 0.3) is 11.0 Å². The maximum atomic E-state index is 12.5. The summed E-state index contributed by atoms with van der Waals surface area (Å²) in [5, 5.41) is 0.751. The summed E-state index contributed by atoms with van der Waals surface area (Å²) in [7, 11) is 0. The lowest BCUT2D eigenvalue weighted by molar-refractivity contribution is -0.134. The van der Waals surface area contributed by atoms with Crippen molar-refractivity contribution in [2.75, 3.05) is 6.54 Å². The highest BCUT2D eigenvalue weighted by Gasteiger charge is 2.36. The fourth-order valence-corrected chi connectivity index (χ4v) is 3.43. The summed E-state index contributed by atoms with van der Waals surface area (Å²) in [5.74, 6) is -1.59. The van der Waals surface area contributed by atoms with Gasteiger partial charge in [-0.15, -0.1) is 0 Å². The van der Waals surface area contributed by atoms with Crippen LogP contribution in [-0.2, 0) is 11.2 Å². The van der Waals surface area contributed by atoms with Crippen LogP contribution in [0.15, 0.2) is 51.7 Å². The van der Waals surface area contributed by atoms with Gasteiger partial charge in [-0.1, -0.05) is 19.1 Å². The minimum Gasteiger partial charge on any atom is -0.425 e. The normalized spacial score (nSPS) is 13.1. The summed E-state index contributed by atoms with van der Waals surface area (Å²) in [6, 6.07) is 11.1. The Morgan fingerprint density at radius 1 is 1.03 bits per heavy atom. The van der Waals surface area contributed by atoms with Gasteiger partial charge < -0.3 is 9.15 Å². The lowest BCUT2D eigenvalue weighted by Crippen LogP contribution is -2.36. The third-order valence-corrected chi connectivity index (χ3v) is 4.90. The lowest BCUT2D eigenvalue weighted by Gasteiger charge is -2.15. The van der Waals surface area contributed by atoms with Gasteiger partial charge in [-0.2, -0.15) is 0 Å². The third kappa shape index (κ3) is 3.20. The Bertz CT molecular complexity index is 1200. The molecule has 0 unspecified atom stereocenters. The molecule has 0 saturated carbocycles. The molecule has 2 heterocycles. The molecule has 0 fully saturated rings. The SMILES string of the molecule is CCc1cc2c(C)cc(=O)oc2cc1OC(=O)CN1C(=O)c2ccccc2C1=O. The van der Waals surface area contributed by atoms with Crippen LogP contribution in [0.3, 0.4) is 0 Å². The van der Waals surface area contributed by atoms with Crippen molar-refractivity contribution in [1.82, 2.24) is 4.90 Å². The number of carbonyl (C=O) groups is 3. The number of esters is 1. The minimum atomic E-state index is -0.761. The zero-order valence-corrected chi connectivity index (χ0v) is 15.9. The van der Waals surface area contributed by atoms with E-state index in [-0.39, 0.29) is 16.9 Å². The largest absolute Gasteiger partial charge is 0.425 e. The second kappa shape index (κ2) is 7.01. The molecule has 0 saturated heterocycles. The molecule has 0 radical (unpaired) electrons. The van der Waals surface area contributed by atoms with Crippen LogP contribution < -0.4 is 10.4 Å². The maximum absolute atomic E-state index is 12.5. The van der Waals surface area contributed by atoms with Crippen LogP contribution in [0.4, 0.5) is 0 Å². The molecule has 2 amide bonds. The molecule has 0 N–H and O–H groups in total. The number of nitrogens with zero attached hydrogens (tertiary/aromatic N) is 1. The van der Waals surface area contributed by atoms with Gasteiger partial charge in [-0.05, 0) is 42.7 Å². The molecule has 7 heteroatoms. The topological polar surface area (TPSA) is 93.9 Å². The number of carbonyl (C=O) groups excluding carboxylic acids is 3. The third-order valence-electron chi connectivity index (χ3n) is 4.90. The van der Waals surface area contributed by atoms with E-state index in [4.69, 9.17) is 9.15 Å². The zero-order valence-electron chi connectivity index (χ0n) is 15.9. The average molecular weight is 391 g/mol. The van der Waals surface area contributed by atoms with E-state index in [1.807, 2.05) is 6.92 Å². The second-order valence-electron chi connectivity index (χ2n) is 6.77. The first-order valence-electron chi connectivity index (χ1n) is 9.12. The summed E-state index contributed by atoms with van der Waals surface area (Å²) in [5.41, 5.74) is 1.84. The molecular weight excluding hydrogens is 374 g/mol. The van der Waals surface area contributed by atoms with Gasteiger partial charge in [0.05, 0.1) is 11.1 Å². The fraction of sp³-hybridized carbons (Fsp3) is 0.182. The standard InChI is InChI=1S/C22H17NO6/c1-3-13-9-16-12(2)8-19(24)29-18(16)10-17(13)28-20(25)11-23-21(26)14-6-4-5-7-15(14)22(23)27/h4-10H,3,11H2,1-2H3. The van der Waals surface area contributed by atoms with Gasteiger partial charge in [0.15, 0.2) is 0 Å².